The van der Waals surface area contributed by atoms with Gasteiger partial charge in [0.05, 0.1) is 11.7 Å². The van der Waals surface area contributed by atoms with Crippen molar-refractivity contribution in [3.8, 4) is 0 Å². The zero-order valence-corrected chi connectivity index (χ0v) is 23.5. The monoisotopic (exact) mass is 486 g/mol. The van der Waals surface area contributed by atoms with E-state index in [9.17, 15) is 5.11 Å². The van der Waals surface area contributed by atoms with Gasteiger partial charge in [-0.15, -0.1) is 0 Å². The number of aliphatic hydroxyl groups is 1. The van der Waals surface area contributed by atoms with E-state index in [2.05, 4.69) is 40.7 Å². The van der Waals surface area contributed by atoms with Crippen molar-refractivity contribution in [2.24, 2.45) is 40.4 Å². The molecule has 200 valence electrons. The molecule has 35 heavy (non-hydrogen) atoms. The van der Waals surface area contributed by atoms with Crippen LogP contribution in [0.1, 0.15) is 125 Å². The fraction of sp³-hybridized carbons (Fsp3) is 0.938. The van der Waals surface area contributed by atoms with E-state index in [-0.39, 0.29) is 6.29 Å². The van der Waals surface area contributed by atoms with Crippen molar-refractivity contribution in [1.29, 1.82) is 0 Å². The molecule has 3 nitrogen and oxygen atoms in total. The Hall–Kier alpha value is -0.380. The van der Waals surface area contributed by atoms with Crippen molar-refractivity contribution >= 4 is 0 Å². The Morgan fingerprint density at radius 3 is 2.66 bits per heavy atom. The first-order chi connectivity index (χ1) is 16.6. The smallest absolute Gasteiger partial charge is 0.157 e. The van der Waals surface area contributed by atoms with Gasteiger partial charge in [0.1, 0.15) is 0 Å². The van der Waals surface area contributed by atoms with E-state index in [4.69, 9.17) is 9.47 Å². The molecule has 0 radical (unpaired) electrons. The predicted octanol–water partition coefficient (Wildman–Crippen LogP) is 8.05. The van der Waals surface area contributed by atoms with Gasteiger partial charge in [-0.3, -0.25) is 0 Å². The van der Waals surface area contributed by atoms with Crippen LogP contribution in [0, 0.1) is 40.4 Å². The van der Waals surface area contributed by atoms with Crippen LogP contribution >= 0.6 is 0 Å². The molecule has 0 bridgehead atoms. The molecule has 1 heterocycles. The lowest BCUT2D eigenvalue weighted by atomic mass is 9.46. The summed E-state index contributed by atoms with van der Waals surface area (Å²) in [6.07, 6.45) is 19.9. The van der Waals surface area contributed by atoms with Crippen LogP contribution in [-0.2, 0) is 9.47 Å². The first kappa shape index (κ1) is 26.2. The highest BCUT2D eigenvalue weighted by molar-refractivity contribution is 5.25. The van der Waals surface area contributed by atoms with Gasteiger partial charge < -0.3 is 14.6 Å². The molecule has 1 N–H and O–H groups in total. The van der Waals surface area contributed by atoms with Crippen LogP contribution in [0.25, 0.3) is 0 Å². The molecule has 9 atom stereocenters. The maximum absolute atomic E-state index is 11.7. The maximum Gasteiger partial charge on any atom is 0.157 e. The molecular weight excluding hydrogens is 432 g/mol. The third kappa shape index (κ3) is 4.92. The molecule has 0 aromatic carbocycles. The number of hydrogen-bond donors (Lipinski definition) is 1. The van der Waals surface area contributed by atoms with E-state index in [1.807, 2.05) is 0 Å². The largest absolute Gasteiger partial charge is 0.390 e. The molecule has 4 aliphatic carbocycles. The summed E-state index contributed by atoms with van der Waals surface area (Å²) in [5.41, 5.74) is 1.85. The molecule has 0 aromatic rings. The molecule has 1 aliphatic heterocycles. The van der Waals surface area contributed by atoms with Gasteiger partial charge in [0, 0.05) is 6.61 Å². The molecule has 0 aromatic heterocycles. The Morgan fingerprint density at radius 1 is 1.09 bits per heavy atom. The second-order valence-corrected chi connectivity index (χ2v) is 14.4. The quantitative estimate of drug-likeness (QED) is 0.370. The van der Waals surface area contributed by atoms with Gasteiger partial charge >= 0.3 is 0 Å². The van der Waals surface area contributed by atoms with Crippen LogP contribution in [0.3, 0.4) is 0 Å². The van der Waals surface area contributed by atoms with Crippen LogP contribution in [0.15, 0.2) is 11.6 Å². The summed E-state index contributed by atoms with van der Waals surface area (Å²) in [5, 5.41) is 11.7. The Morgan fingerprint density at radius 2 is 1.91 bits per heavy atom. The van der Waals surface area contributed by atoms with Crippen molar-refractivity contribution in [3.05, 3.63) is 11.6 Å². The fourth-order valence-corrected chi connectivity index (χ4v) is 9.84. The Kier molecular flexibility index (Phi) is 7.54. The van der Waals surface area contributed by atoms with Crippen LogP contribution in [0.5, 0.6) is 0 Å². The predicted molar refractivity (Wildman–Crippen MR) is 143 cm³/mol. The van der Waals surface area contributed by atoms with E-state index in [0.29, 0.717) is 22.9 Å². The van der Waals surface area contributed by atoms with Crippen LogP contribution < -0.4 is 0 Å². The summed E-state index contributed by atoms with van der Waals surface area (Å²) >= 11 is 0. The van der Waals surface area contributed by atoms with E-state index in [0.717, 1.165) is 56.0 Å². The summed E-state index contributed by atoms with van der Waals surface area (Å²) in [7, 11) is 0. The van der Waals surface area contributed by atoms with E-state index in [1.54, 1.807) is 5.57 Å². The SMILES string of the molecule is CC(C)CCC[C@](C)(O)[C@H]1CCC2C3CC=C4C[C@@H](OC5CCCCO5)CC[C@]4(C)C3CC[C@@]21C. The van der Waals surface area contributed by atoms with Gasteiger partial charge in [0.25, 0.3) is 0 Å². The van der Waals surface area contributed by atoms with Gasteiger partial charge in [0.15, 0.2) is 6.29 Å². The highest BCUT2D eigenvalue weighted by Gasteiger charge is 2.61. The normalized spacial score (nSPS) is 45.3. The molecule has 0 spiro atoms. The van der Waals surface area contributed by atoms with E-state index >= 15 is 0 Å². The van der Waals surface area contributed by atoms with Gasteiger partial charge in [0.2, 0.25) is 0 Å². The summed E-state index contributed by atoms with van der Waals surface area (Å²) in [5.74, 6) is 3.59. The summed E-state index contributed by atoms with van der Waals surface area (Å²) in [6.45, 7) is 12.8. The molecule has 3 heteroatoms. The lowest BCUT2D eigenvalue weighted by Crippen LogP contribution is -2.53. The number of fused-ring (bicyclic) bond motifs is 5. The molecule has 5 aliphatic rings. The number of hydrogen-bond acceptors (Lipinski definition) is 3. The summed E-state index contributed by atoms with van der Waals surface area (Å²) in [6, 6.07) is 0. The third-order valence-corrected chi connectivity index (χ3v) is 11.8. The van der Waals surface area contributed by atoms with Crippen molar-refractivity contribution in [1.82, 2.24) is 0 Å². The number of allylic oxidation sites excluding steroid dienone is 1. The lowest BCUT2D eigenvalue weighted by molar-refractivity contribution is -0.195. The van der Waals surface area contributed by atoms with Crippen LogP contribution in [0.4, 0.5) is 0 Å². The number of rotatable bonds is 7. The second-order valence-electron chi connectivity index (χ2n) is 14.4. The van der Waals surface area contributed by atoms with Crippen molar-refractivity contribution in [2.45, 2.75) is 143 Å². The van der Waals surface area contributed by atoms with Crippen molar-refractivity contribution in [3.63, 3.8) is 0 Å². The molecule has 3 saturated carbocycles. The van der Waals surface area contributed by atoms with Crippen LogP contribution in [-0.4, -0.2) is 29.7 Å². The van der Waals surface area contributed by atoms with Gasteiger partial charge in [-0.05, 0) is 124 Å². The Labute approximate surface area is 215 Å². The molecular formula is C32H54O3. The molecule has 1 saturated heterocycles. The highest BCUT2D eigenvalue weighted by Crippen LogP contribution is 2.67. The van der Waals surface area contributed by atoms with Gasteiger partial charge in [-0.25, -0.2) is 0 Å². The van der Waals surface area contributed by atoms with Gasteiger partial charge in [-0.2, -0.15) is 0 Å². The van der Waals surface area contributed by atoms with E-state index < -0.39 is 5.60 Å². The Bertz CT molecular complexity index is 765. The zero-order chi connectivity index (χ0) is 24.8. The standard InChI is InChI=1S/C32H54O3/c1-22(2)9-8-17-32(5,33)28-14-13-26-25-12-11-23-21-24(35-29-10-6-7-20-34-29)15-18-30(23,3)27(25)16-19-31(26,28)4/h11,22,24-29,33H,6-10,12-21H2,1-5H3/t24-,25?,26?,27?,28-,29?,30-,31-,32-/m0/s1. The molecule has 5 rings (SSSR count). The minimum absolute atomic E-state index is 0.0363. The Balaban J connectivity index is 1.27. The second kappa shape index (κ2) is 10.1. The first-order valence-electron chi connectivity index (χ1n) is 15.3. The summed E-state index contributed by atoms with van der Waals surface area (Å²) < 4.78 is 12.4. The zero-order valence-electron chi connectivity index (χ0n) is 23.5. The average molecular weight is 487 g/mol. The minimum Gasteiger partial charge on any atom is -0.390 e. The summed E-state index contributed by atoms with van der Waals surface area (Å²) in [4.78, 5) is 0. The minimum atomic E-state index is -0.513. The fourth-order valence-electron chi connectivity index (χ4n) is 9.84. The van der Waals surface area contributed by atoms with Crippen molar-refractivity contribution < 1.29 is 14.6 Å². The van der Waals surface area contributed by atoms with Gasteiger partial charge in [-0.1, -0.05) is 52.2 Å². The highest BCUT2D eigenvalue weighted by atomic mass is 16.7. The molecule has 4 unspecified atom stereocenters. The van der Waals surface area contributed by atoms with Crippen molar-refractivity contribution in [2.75, 3.05) is 6.61 Å². The van der Waals surface area contributed by atoms with Crippen LogP contribution in [0.2, 0.25) is 0 Å². The number of ether oxygens (including phenoxy) is 2. The van der Waals surface area contributed by atoms with E-state index in [1.165, 1.54) is 64.2 Å². The molecule has 4 fully saturated rings. The average Bonchev–Trinajstić information content (AvgIpc) is 3.18. The topological polar surface area (TPSA) is 38.7 Å². The lowest BCUT2D eigenvalue weighted by Gasteiger charge is -2.59. The maximum atomic E-state index is 11.7. The third-order valence-electron chi connectivity index (χ3n) is 11.8. The molecule has 0 amide bonds. The first-order valence-corrected chi connectivity index (χ1v) is 15.3.